The standard InChI is InChI=1S/C27H20FNO4S/c28-22-14-12-19(13-15-22)16-29(17-21-18-33-25-10-4-3-9-24(25)27(21)30)34(31,32)26-11-5-7-20-6-1-2-8-23(20)26/h1-15,18H,16-17H2. The molecule has 0 aliphatic heterocycles. The number of rotatable bonds is 6. The van der Waals surface area contributed by atoms with E-state index in [1.54, 1.807) is 48.5 Å². The molecule has 0 unspecified atom stereocenters. The van der Waals surface area contributed by atoms with Crippen molar-refractivity contribution < 1.29 is 17.2 Å². The zero-order valence-corrected chi connectivity index (χ0v) is 18.8. The Morgan fingerprint density at radius 3 is 2.24 bits per heavy atom. The first-order chi connectivity index (χ1) is 16.4. The topological polar surface area (TPSA) is 67.6 Å². The van der Waals surface area contributed by atoms with Crippen LogP contribution in [0.2, 0.25) is 0 Å². The van der Waals surface area contributed by atoms with Gasteiger partial charge in [-0.2, -0.15) is 4.31 Å². The molecule has 1 aromatic heterocycles. The van der Waals surface area contributed by atoms with Gasteiger partial charge in [-0.3, -0.25) is 4.79 Å². The fourth-order valence-electron chi connectivity index (χ4n) is 4.00. The summed E-state index contributed by atoms with van der Waals surface area (Å²) in [4.78, 5) is 13.2. The summed E-state index contributed by atoms with van der Waals surface area (Å²) >= 11 is 0. The van der Waals surface area contributed by atoms with Gasteiger partial charge >= 0.3 is 0 Å². The van der Waals surface area contributed by atoms with E-state index in [0.717, 1.165) is 5.39 Å². The van der Waals surface area contributed by atoms with Crippen molar-refractivity contribution in [3.8, 4) is 0 Å². The average molecular weight is 474 g/mol. The summed E-state index contributed by atoms with van der Waals surface area (Å²) < 4.78 is 48.1. The van der Waals surface area contributed by atoms with Gasteiger partial charge in [0.2, 0.25) is 10.0 Å². The number of fused-ring (bicyclic) bond motifs is 2. The Labute approximate surface area is 195 Å². The van der Waals surface area contributed by atoms with Gasteiger partial charge in [-0.15, -0.1) is 0 Å². The third kappa shape index (κ3) is 4.11. The third-order valence-electron chi connectivity index (χ3n) is 5.74. The number of halogens is 1. The maximum absolute atomic E-state index is 13.9. The van der Waals surface area contributed by atoms with E-state index in [1.807, 2.05) is 18.2 Å². The fraction of sp³-hybridized carbons (Fsp3) is 0.0741. The van der Waals surface area contributed by atoms with Crippen molar-refractivity contribution in [1.82, 2.24) is 4.31 Å². The van der Waals surface area contributed by atoms with Gasteiger partial charge in [0.1, 0.15) is 11.4 Å². The molecular weight excluding hydrogens is 453 g/mol. The lowest BCUT2D eigenvalue weighted by Crippen LogP contribution is -2.32. The first-order valence-electron chi connectivity index (χ1n) is 10.7. The molecule has 0 fully saturated rings. The van der Waals surface area contributed by atoms with E-state index in [0.29, 0.717) is 21.9 Å². The van der Waals surface area contributed by atoms with Gasteiger partial charge < -0.3 is 4.42 Å². The normalized spacial score (nSPS) is 11.9. The Bertz CT molecular complexity index is 1660. The van der Waals surface area contributed by atoms with Gasteiger partial charge in [-0.25, -0.2) is 12.8 Å². The maximum Gasteiger partial charge on any atom is 0.244 e. The van der Waals surface area contributed by atoms with E-state index >= 15 is 0 Å². The number of hydrogen-bond acceptors (Lipinski definition) is 4. The van der Waals surface area contributed by atoms with E-state index in [-0.39, 0.29) is 29.0 Å². The van der Waals surface area contributed by atoms with Gasteiger partial charge in [-0.05, 0) is 41.3 Å². The Morgan fingerprint density at radius 1 is 0.765 bits per heavy atom. The van der Waals surface area contributed by atoms with E-state index in [1.165, 1.54) is 34.8 Å². The molecule has 0 atom stereocenters. The maximum atomic E-state index is 13.9. The van der Waals surface area contributed by atoms with Crippen LogP contribution in [0.5, 0.6) is 0 Å². The SMILES string of the molecule is O=c1c(CN(Cc2ccc(F)cc2)S(=O)(=O)c2cccc3ccccc23)coc2ccccc12. The highest BCUT2D eigenvalue weighted by Gasteiger charge is 2.28. The lowest BCUT2D eigenvalue weighted by molar-refractivity contribution is 0.396. The molecule has 34 heavy (non-hydrogen) atoms. The van der Waals surface area contributed by atoms with Crippen LogP contribution in [0, 0.1) is 5.82 Å². The Balaban J connectivity index is 1.63. The molecular formula is C27H20FNO4S. The summed E-state index contributed by atoms with van der Waals surface area (Å²) in [5, 5.41) is 1.75. The van der Waals surface area contributed by atoms with Crippen LogP contribution < -0.4 is 5.43 Å². The molecule has 0 aliphatic rings. The second-order valence-electron chi connectivity index (χ2n) is 7.96. The molecule has 5 nitrogen and oxygen atoms in total. The van der Waals surface area contributed by atoms with Crippen LogP contribution in [0.25, 0.3) is 21.7 Å². The van der Waals surface area contributed by atoms with Gasteiger partial charge in [0.15, 0.2) is 5.43 Å². The smallest absolute Gasteiger partial charge is 0.244 e. The molecule has 0 N–H and O–H groups in total. The minimum atomic E-state index is -4.05. The number of benzene rings is 4. The summed E-state index contributed by atoms with van der Waals surface area (Å²) in [5.74, 6) is -0.414. The molecule has 5 rings (SSSR count). The summed E-state index contributed by atoms with van der Waals surface area (Å²) in [6, 6.07) is 24.8. The summed E-state index contributed by atoms with van der Waals surface area (Å²) in [6.07, 6.45) is 1.31. The molecule has 0 amide bonds. The van der Waals surface area contributed by atoms with E-state index in [4.69, 9.17) is 4.42 Å². The summed E-state index contributed by atoms with van der Waals surface area (Å²) in [5.41, 5.74) is 0.942. The van der Waals surface area contributed by atoms with Crippen LogP contribution in [-0.2, 0) is 23.1 Å². The van der Waals surface area contributed by atoms with E-state index < -0.39 is 15.8 Å². The molecule has 5 aromatic rings. The average Bonchev–Trinajstić information content (AvgIpc) is 2.86. The lowest BCUT2D eigenvalue weighted by Gasteiger charge is -2.23. The number of nitrogens with zero attached hydrogens (tertiary/aromatic N) is 1. The predicted molar refractivity (Wildman–Crippen MR) is 129 cm³/mol. The zero-order chi connectivity index (χ0) is 23.7. The Kier molecular flexibility index (Phi) is 5.73. The highest BCUT2D eigenvalue weighted by molar-refractivity contribution is 7.89. The first kappa shape index (κ1) is 22.0. The summed E-state index contributed by atoms with van der Waals surface area (Å²) in [6.45, 7) is -0.242. The monoisotopic (exact) mass is 473 g/mol. The van der Waals surface area contributed by atoms with Crippen LogP contribution in [-0.4, -0.2) is 12.7 Å². The molecule has 0 saturated heterocycles. The van der Waals surface area contributed by atoms with Crippen LogP contribution in [0.1, 0.15) is 11.1 Å². The lowest BCUT2D eigenvalue weighted by atomic mass is 10.1. The highest BCUT2D eigenvalue weighted by atomic mass is 32.2. The van der Waals surface area contributed by atoms with Crippen molar-refractivity contribution in [2.24, 2.45) is 0 Å². The zero-order valence-electron chi connectivity index (χ0n) is 18.0. The van der Waals surface area contributed by atoms with Crippen molar-refractivity contribution in [1.29, 1.82) is 0 Å². The second-order valence-corrected chi connectivity index (χ2v) is 9.87. The van der Waals surface area contributed by atoms with E-state index in [9.17, 15) is 17.6 Å². The molecule has 0 saturated carbocycles. The van der Waals surface area contributed by atoms with Crippen molar-refractivity contribution in [2.75, 3.05) is 0 Å². The quantitative estimate of drug-likeness (QED) is 0.328. The van der Waals surface area contributed by atoms with Gasteiger partial charge in [0, 0.05) is 18.5 Å². The van der Waals surface area contributed by atoms with Crippen LogP contribution in [0.3, 0.4) is 0 Å². The predicted octanol–water partition coefficient (Wildman–Crippen LogP) is 5.48. The van der Waals surface area contributed by atoms with E-state index in [2.05, 4.69) is 0 Å². The van der Waals surface area contributed by atoms with Crippen LogP contribution >= 0.6 is 0 Å². The first-order valence-corrected chi connectivity index (χ1v) is 12.1. The second kappa shape index (κ2) is 8.85. The number of hydrogen-bond donors (Lipinski definition) is 0. The Morgan fingerprint density at radius 2 is 1.44 bits per heavy atom. The number of para-hydroxylation sites is 1. The molecule has 0 spiro atoms. The minimum absolute atomic E-state index is 0.0436. The fourth-order valence-corrected chi connectivity index (χ4v) is 5.62. The van der Waals surface area contributed by atoms with Gasteiger partial charge in [0.25, 0.3) is 0 Å². The third-order valence-corrected chi connectivity index (χ3v) is 7.59. The molecule has 0 aliphatic carbocycles. The molecule has 0 radical (unpaired) electrons. The van der Waals surface area contributed by atoms with Crippen molar-refractivity contribution >= 4 is 31.8 Å². The molecule has 170 valence electrons. The van der Waals surface area contributed by atoms with Crippen LogP contribution in [0.4, 0.5) is 4.39 Å². The number of sulfonamides is 1. The minimum Gasteiger partial charge on any atom is -0.464 e. The largest absolute Gasteiger partial charge is 0.464 e. The molecule has 0 bridgehead atoms. The highest BCUT2D eigenvalue weighted by Crippen LogP contribution is 2.28. The van der Waals surface area contributed by atoms with Crippen molar-refractivity contribution in [2.45, 2.75) is 18.0 Å². The summed E-state index contributed by atoms with van der Waals surface area (Å²) in [7, 11) is -4.05. The Hall–Kier alpha value is -3.81. The van der Waals surface area contributed by atoms with Crippen molar-refractivity contribution in [3.05, 3.63) is 124 Å². The van der Waals surface area contributed by atoms with Crippen molar-refractivity contribution in [3.63, 3.8) is 0 Å². The van der Waals surface area contributed by atoms with Gasteiger partial charge in [0.05, 0.1) is 22.1 Å². The van der Waals surface area contributed by atoms with Crippen LogP contribution in [0.15, 0.2) is 111 Å². The van der Waals surface area contributed by atoms with Gasteiger partial charge in [-0.1, -0.05) is 60.7 Å². The molecule has 4 aromatic carbocycles. The molecule has 7 heteroatoms. The molecule has 1 heterocycles.